The molecule has 0 bridgehead atoms. The quantitative estimate of drug-likeness (QED) is 0.837. The Morgan fingerprint density at radius 1 is 1.31 bits per heavy atom. The summed E-state index contributed by atoms with van der Waals surface area (Å²) in [7, 11) is 1.47. The molecule has 4 nitrogen and oxygen atoms in total. The van der Waals surface area contributed by atoms with E-state index in [0.29, 0.717) is 11.3 Å². The van der Waals surface area contributed by atoms with Crippen molar-refractivity contribution in [2.24, 2.45) is 0 Å². The van der Waals surface area contributed by atoms with E-state index in [1.54, 1.807) is 18.2 Å². The SMILES string of the molecule is COc1cnc(-c2ccccc2F)nc1N. The van der Waals surface area contributed by atoms with Crippen molar-refractivity contribution in [2.75, 3.05) is 12.8 Å². The molecule has 2 aromatic rings. The number of nitrogen functional groups attached to an aromatic ring is 1. The van der Waals surface area contributed by atoms with Gasteiger partial charge < -0.3 is 10.5 Å². The van der Waals surface area contributed by atoms with Gasteiger partial charge in [0.2, 0.25) is 0 Å². The van der Waals surface area contributed by atoms with Crippen molar-refractivity contribution in [3.63, 3.8) is 0 Å². The fraction of sp³-hybridized carbons (Fsp3) is 0.0909. The molecule has 0 saturated heterocycles. The molecule has 1 aromatic carbocycles. The second-order valence-electron chi connectivity index (χ2n) is 3.13. The molecule has 0 spiro atoms. The van der Waals surface area contributed by atoms with Crippen LogP contribution in [0.15, 0.2) is 30.5 Å². The number of aromatic nitrogens is 2. The Kier molecular flexibility index (Phi) is 2.68. The molecule has 0 aliphatic heterocycles. The lowest BCUT2D eigenvalue weighted by Crippen LogP contribution is -2.00. The minimum Gasteiger partial charge on any atom is -0.491 e. The standard InChI is InChI=1S/C11H10FN3O/c1-16-9-6-14-11(15-10(9)13)7-4-2-3-5-8(7)12/h2-6H,1H3,(H2,13,14,15). The van der Waals surface area contributed by atoms with Gasteiger partial charge in [-0.15, -0.1) is 0 Å². The van der Waals surface area contributed by atoms with Crippen LogP contribution < -0.4 is 10.5 Å². The number of halogens is 1. The van der Waals surface area contributed by atoms with E-state index in [-0.39, 0.29) is 17.5 Å². The molecule has 5 heteroatoms. The third kappa shape index (κ3) is 1.79. The molecule has 0 unspecified atom stereocenters. The first-order valence-electron chi connectivity index (χ1n) is 4.64. The monoisotopic (exact) mass is 219 g/mol. The van der Waals surface area contributed by atoms with E-state index in [2.05, 4.69) is 9.97 Å². The highest BCUT2D eigenvalue weighted by Gasteiger charge is 2.09. The second-order valence-corrected chi connectivity index (χ2v) is 3.13. The van der Waals surface area contributed by atoms with E-state index < -0.39 is 0 Å². The molecule has 16 heavy (non-hydrogen) atoms. The molecule has 1 heterocycles. The highest BCUT2D eigenvalue weighted by molar-refractivity contribution is 5.59. The number of ether oxygens (including phenoxy) is 1. The van der Waals surface area contributed by atoms with E-state index in [1.807, 2.05) is 0 Å². The number of hydrogen-bond donors (Lipinski definition) is 1. The molecule has 2 N–H and O–H groups in total. The summed E-state index contributed by atoms with van der Waals surface area (Å²) in [5.74, 6) is 0.430. The molecular formula is C11H10FN3O. The Hall–Kier alpha value is -2.17. The maximum Gasteiger partial charge on any atom is 0.179 e. The van der Waals surface area contributed by atoms with E-state index in [0.717, 1.165) is 0 Å². The van der Waals surface area contributed by atoms with Crippen LogP contribution in [0.2, 0.25) is 0 Å². The Balaban J connectivity index is 2.50. The summed E-state index contributed by atoms with van der Waals surface area (Å²) in [6.07, 6.45) is 1.42. The minimum atomic E-state index is -0.382. The molecule has 1 aromatic heterocycles. The molecule has 82 valence electrons. The topological polar surface area (TPSA) is 61.0 Å². The Labute approximate surface area is 91.9 Å². The average molecular weight is 219 g/mol. The summed E-state index contributed by atoms with van der Waals surface area (Å²) in [5.41, 5.74) is 5.94. The third-order valence-electron chi connectivity index (χ3n) is 2.12. The summed E-state index contributed by atoms with van der Waals surface area (Å²) < 4.78 is 18.4. The van der Waals surface area contributed by atoms with Gasteiger partial charge in [-0.25, -0.2) is 14.4 Å². The van der Waals surface area contributed by atoms with Crippen LogP contribution in [0.1, 0.15) is 0 Å². The summed E-state index contributed by atoms with van der Waals surface area (Å²) in [5, 5.41) is 0. The van der Waals surface area contributed by atoms with E-state index in [1.165, 1.54) is 19.4 Å². The highest BCUT2D eigenvalue weighted by Crippen LogP contribution is 2.23. The van der Waals surface area contributed by atoms with E-state index in [4.69, 9.17) is 10.5 Å². The summed E-state index contributed by atoms with van der Waals surface area (Å²) in [6, 6.07) is 6.25. The van der Waals surface area contributed by atoms with Gasteiger partial charge in [-0.2, -0.15) is 0 Å². The summed E-state index contributed by atoms with van der Waals surface area (Å²) in [4.78, 5) is 7.96. The maximum absolute atomic E-state index is 13.4. The minimum absolute atomic E-state index is 0.191. The fourth-order valence-electron chi connectivity index (χ4n) is 1.31. The van der Waals surface area contributed by atoms with Crippen LogP contribution >= 0.6 is 0 Å². The molecule has 0 aliphatic carbocycles. The Morgan fingerprint density at radius 3 is 2.69 bits per heavy atom. The van der Waals surface area contributed by atoms with Gasteiger partial charge in [-0.1, -0.05) is 12.1 Å². The zero-order valence-corrected chi connectivity index (χ0v) is 8.64. The molecule has 0 atom stereocenters. The average Bonchev–Trinajstić information content (AvgIpc) is 2.29. The fourth-order valence-corrected chi connectivity index (χ4v) is 1.31. The lowest BCUT2D eigenvalue weighted by molar-refractivity contribution is 0.413. The van der Waals surface area contributed by atoms with Crippen LogP contribution in [0.5, 0.6) is 5.75 Å². The van der Waals surface area contributed by atoms with Gasteiger partial charge in [0.15, 0.2) is 17.4 Å². The summed E-state index contributed by atoms with van der Waals surface area (Å²) >= 11 is 0. The molecular weight excluding hydrogens is 209 g/mol. The molecule has 0 saturated carbocycles. The Bertz CT molecular complexity index is 516. The molecule has 0 aliphatic rings. The van der Waals surface area contributed by atoms with Gasteiger partial charge in [-0.05, 0) is 12.1 Å². The predicted molar refractivity (Wildman–Crippen MR) is 58.4 cm³/mol. The number of anilines is 1. The molecule has 0 fully saturated rings. The maximum atomic E-state index is 13.4. The van der Waals surface area contributed by atoms with Gasteiger partial charge in [0, 0.05) is 0 Å². The van der Waals surface area contributed by atoms with Crippen molar-refractivity contribution in [1.82, 2.24) is 9.97 Å². The highest BCUT2D eigenvalue weighted by atomic mass is 19.1. The van der Waals surface area contributed by atoms with E-state index in [9.17, 15) is 4.39 Å². The van der Waals surface area contributed by atoms with Gasteiger partial charge in [-0.3, -0.25) is 0 Å². The Morgan fingerprint density at radius 2 is 2.06 bits per heavy atom. The van der Waals surface area contributed by atoms with Gasteiger partial charge >= 0.3 is 0 Å². The van der Waals surface area contributed by atoms with Crippen molar-refractivity contribution in [3.05, 3.63) is 36.3 Å². The number of nitrogens with zero attached hydrogens (tertiary/aromatic N) is 2. The zero-order chi connectivity index (χ0) is 11.5. The van der Waals surface area contributed by atoms with Gasteiger partial charge in [0.05, 0.1) is 18.9 Å². The number of rotatable bonds is 2. The molecule has 2 rings (SSSR count). The van der Waals surface area contributed by atoms with Crippen LogP contribution in [-0.4, -0.2) is 17.1 Å². The number of hydrogen-bond acceptors (Lipinski definition) is 4. The van der Waals surface area contributed by atoms with Crippen molar-refractivity contribution < 1.29 is 9.13 Å². The van der Waals surface area contributed by atoms with Crippen LogP contribution in [0.25, 0.3) is 11.4 Å². The van der Waals surface area contributed by atoms with Crippen LogP contribution in [-0.2, 0) is 0 Å². The van der Waals surface area contributed by atoms with Crippen molar-refractivity contribution >= 4 is 5.82 Å². The third-order valence-corrected chi connectivity index (χ3v) is 2.12. The van der Waals surface area contributed by atoms with E-state index >= 15 is 0 Å². The zero-order valence-electron chi connectivity index (χ0n) is 8.64. The smallest absolute Gasteiger partial charge is 0.179 e. The van der Waals surface area contributed by atoms with Crippen molar-refractivity contribution in [3.8, 4) is 17.1 Å². The van der Waals surface area contributed by atoms with Crippen LogP contribution in [0, 0.1) is 5.82 Å². The first-order chi connectivity index (χ1) is 7.72. The number of benzene rings is 1. The first-order valence-corrected chi connectivity index (χ1v) is 4.64. The van der Waals surface area contributed by atoms with Crippen molar-refractivity contribution in [1.29, 1.82) is 0 Å². The number of nitrogens with two attached hydrogens (primary N) is 1. The largest absolute Gasteiger partial charge is 0.491 e. The number of methoxy groups -OCH3 is 1. The van der Waals surface area contributed by atoms with Crippen molar-refractivity contribution in [2.45, 2.75) is 0 Å². The molecule has 0 radical (unpaired) electrons. The van der Waals surface area contributed by atoms with Crippen LogP contribution in [0.4, 0.5) is 10.2 Å². The van der Waals surface area contributed by atoms with Gasteiger partial charge in [0.25, 0.3) is 0 Å². The summed E-state index contributed by atoms with van der Waals surface area (Å²) in [6.45, 7) is 0. The lowest BCUT2D eigenvalue weighted by atomic mass is 10.2. The normalized spacial score (nSPS) is 10.1. The van der Waals surface area contributed by atoms with Gasteiger partial charge in [0.1, 0.15) is 5.82 Å². The predicted octanol–water partition coefficient (Wildman–Crippen LogP) is 1.87. The molecule has 0 amide bonds. The second kappa shape index (κ2) is 4.14. The first kappa shape index (κ1) is 10.4. The lowest BCUT2D eigenvalue weighted by Gasteiger charge is -2.05. The van der Waals surface area contributed by atoms with Crippen LogP contribution in [0.3, 0.4) is 0 Å².